The summed E-state index contributed by atoms with van der Waals surface area (Å²) < 4.78 is 0.738. The molecule has 0 saturated carbocycles. The maximum absolute atomic E-state index is 11.8. The highest BCUT2D eigenvalue weighted by molar-refractivity contribution is 9.10. The highest BCUT2D eigenvalue weighted by atomic mass is 79.9. The van der Waals surface area contributed by atoms with Crippen LogP contribution >= 0.6 is 15.9 Å². The molecule has 0 heterocycles. The Hall–Kier alpha value is -1.54. The lowest BCUT2D eigenvalue weighted by atomic mass is 10.2. The summed E-state index contributed by atoms with van der Waals surface area (Å²) in [5, 5.41) is 12.0. The van der Waals surface area contributed by atoms with Crippen LogP contribution in [-0.4, -0.2) is 26.0 Å². The lowest BCUT2D eigenvalue weighted by Crippen LogP contribution is -2.37. The molecule has 1 aromatic carbocycles. The quantitative estimate of drug-likeness (QED) is 0.905. The van der Waals surface area contributed by atoms with Crippen molar-refractivity contribution < 1.29 is 4.79 Å². The van der Waals surface area contributed by atoms with Crippen molar-refractivity contribution in [1.29, 1.82) is 5.26 Å². The standard InChI is InChI=1S/C14H18BrN3O/c1-10(2)8-17-14(19)9-18(3)13-6-4-5-12(15)11(13)7-16/h4-6,10H,8-9H2,1-3H3,(H,17,19). The van der Waals surface area contributed by atoms with Crippen molar-refractivity contribution >= 4 is 27.5 Å². The highest BCUT2D eigenvalue weighted by Gasteiger charge is 2.13. The van der Waals surface area contributed by atoms with Crippen molar-refractivity contribution in [2.24, 2.45) is 5.92 Å². The molecule has 0 saturated heterocycles. The molecule has 4 nitrogen and oxygen atoms in total. The first-order chi connectivity index (χ1) is 8.95. The van der Waals surface area contributed by atoms with E-state index in [1.165, 1.54) is 0 Å². The molecule has 1 N–H and O–H groups in total. The number of benzene rings is 1. The molecule has 0 atom stereocenters. The Morgan fingerprint density at radius 3 is 2.79 bits per heavy atom. The number of halogens is 1. The SMILES string of the molecule is CC(C)CNC(=O)CN(C)c1cccc(Br)c1C#N. The van der Waals surface area contributed by atoms with Gasteiger partial charge in [0.25, 0.3) is 0 Å². The molecule has 0 unspecified atom stereocenters. The second-order valence-electron chi connectivity index (χ2n) is 4.80. The summed E-state index contributed by atoms with van der Waals surface area (Å²) in [5.41, 5.74) is 1.29. The summed E-state index contributed by atoms with van der Waals surface area (Å²) in [5.74, 6) is 0.384. The lowest BCUT2D eigenvalue weighted by Gasteiger charge is -2.20. The Morgan fingerprint density at radius 1 is 1.53 bits per heavy atom. The van der Waals surface area contributed by atoms with Crippen LogP contribution in [0.4, 0.5) is 5.69 Å². The molecule has 0 fully saturated rings. The van der Waals surface area contributed by atoms with Crippen LogP contribution in [0.1, 0.15) is 19.4 Å². The average Bonchev–Trinajstić information content (AvgIpc) is 2.36. The number of hydrogen-bond donors (Lipinski definition) is 1. The van der Waals surface area contributed by atoms with Gasteiger partial charge in [0, 0.05) is 18.1 Å². The Labute approximate surface area is 122 Å². The number of carbonyl (C=O) groups is 1. The number of nitrogens with one attached hydrogen (secondary N) is 1. The third-order valence-corrected chi connectivity index (χ3v) is 3.26. The smallest absolute Gasteiger partial charge is 0.239 e. The van der Waals surface area contributed by atoms with E-state index in [1.54, 1.807) is 11.9 Å². The normalized spacial score (nSPS) is 10.1. The number of anilines is 1. The molecular weight excluding hydrogens is 306 g/mol. The van der Waals surface area contributed by atoms with Crippen molar-refractivity contribution in [3.05, 3.63) is 28.2 Å². The zero-order valence-corrected chi connectivity index (χ0v) is 13.0. The molecule has 0 radical (unpaired) electrons. The molecule has 1 rings (SSSR count). The fraction of sp³-hybridized carbons (Fsp3) is 0.429. The molecule has 0 aliphatic carbocycles. The molecule has 0 bridgehead atoms. The van der Waals surface area contributed by atoms with E-state index in [0.29, 0.717) is 18.0 Å². The summed E-state index contributed by atoms with van der Waals surface area (Å²) in [4.78, 5) is 13.5. The summed E-state index contributed by atoms with van der Waals surface area (Å²) in [6.45, 7) is 4.99. The third kappa shape index (κ3) is 4.56. The van der Waals surface area contributed by atoms with Crippen molar-refractivity contribution in [3.8, 4) is 6.07 Å². The maximum atomic E-state index is 11.8. The highest BCUT2D eigenvalue weighted by Crippen LogP contribution is 2.26. The van der Waals surface area contributed by atoms with E-state index >= 15 is 0 Å². The van der Waals surface area contributed by atoms with E-state index in [0.717, 1.165) is 10.2 Å². The fourth-order valence-electron chi connectivity index (χ4n) is 1.62. The summed E-state index contributed by atoms with van der Waals surface area (Å²) >= 11 is 3.34. The van der Waals surface area contributed by atoms with Gasteiger partial charge in [0.05, 0.1) is 17.8 Å². The number of carbonyl (C=O) groups excluding carboxylic acids is 1. The molecular formula is C14H18BrN3O. The number of nitrogens with zero attached hydrogens (tertiary/aromatic N) is 2. The van der Waals surface area contributed by atoms with Crippen LogP contribution in [0.2, 0.25) is 0 Å². The number of likely N-dealkylation sites (N-methyl/N-ethyl adjacent to an activating group) is 1. The topological polar surface area (TPSA) is 56.1 Å². The fourth-order valence-corrected chi connectivity index (χ4v) is 2.06. The van der Waals surface area contributed by atoms with Crippen molar-refractivity contribution in [3.63, 3.8) is 0 Å². The van der Waals surface area contributed by atoms with Gasteiger partial charge in [0.15, 0.2) is 0 Å². The molecule has 1 amide bonds. The number of nitriles is 1. The monoisotopic (exact) mass is 323 g/mol. The predicted molar refractivity (Wildman–Crippen MR) is 80.0 cm³/mol. The van der Waals surface area contributed by atoms with Gasteiger partial charge < -0.3 is 10.2 Å². The Kier molecular flexibility index (Phi) is 5.84. The van der Waals surface area contributed by atoms with Crippen molar-refractivity contribution in [2.45, 2.75) is 13.8 Å². The molecule has 0 aliphatic heterocycles. The first-order valence-corrected chi connectivity index (χ1v) is 6.91. The van der Waals surface area contributed by atoms with Crippen LogP contribution in [0.15, 0.2) is 22.7 Å². The predicted octanol–water partition coefficient (Wildman–Crippen LogP) is 2.53. The van der Waals surface area contributed by atoms with Crippen LogP contribution in [0, 0.1) is 17.2 Å². The van der Waals surface area contributed by atoms with E-state index < -0.39 is 0 Å². The molecule has 0 spiro atoms. The zero-order chi connectivity index (χ0) is 14.4. The van der Waals surface area contributed by atoms with Crippen molar-refractivity contribution in [1.82, 2.24) is 5.32 Å². The number of rotatable bonds is 5. The molecule has 5 heteroatoms. The maximum Gasteiger partial charge on any atom is 0.239 e. The van der Waals surface area contributed by atoms with Gasteiger partial charge in [-0.05, 0) is 34.0 Å². The van der Waals surface area contributed by atoms with Crippen molar-refractivity contribution in [2.75, 3.05) is 25.0 Å². The third-order valence-electron chi connectivity index (χ3n) is 2.60. The van der Waals surface area contributed by atoms with Gasteiger partial charge in [0.1, 0.15) is 6.07 Å². The Morgan fingerprint density at radius 2 is 2.21 bits per heavy atom. The minimum Gasteiger partial charge on any atom is -0.364 e. The van der Waals surface area contributed by atoms with Crippen LogP contribution in [0.5, 0.6) is 0 Å². The van der Waals surface area contributed by atoms with Gasteiger partial charge in [-0.3, -0.25) is 4.79 Å². The van der Waals surface area contributed by atoms with E-state index in [4.69, 9.17) is 5.26 Å². The Balaban J connectivity index is 2.74. The van der Waals surface area contributed by atoms with Crippen LogP contribution in [-0.2, 0) is 4.79 Å². The largest absolute Gasteiger partial charge is 0.364 e. The van der Waals surface area contributed by atoms with E-state index in [2.05, 4.69) is 27.3 Å². The lowest BCUT2D eigenvalue weighted by molar-refractivity contribution is -0.119. The molecule has 19 heavy (non-hydrogen) atoms. The van der Waals surface area contributed by atoms with Crippen LogP contribution in [0.3, 0.4) is 0 Å². The Bertz CT molecular complexity index is 494. The second-order valence-corrected chi connectivity index (χ2v) is 5.65. The van der Waals surface area contributed by atoms with E-state index in [9.17, 15) is 4.79 Å². The second kappa shape index (κ2) is 7.15. The first kappa shape index (κ1) is 15.5. The van der Waals surface area contributed by atoms with Gasteiger partial charge in [-0.15, -0.1) is 0 Å². The zero-order valence-electron chi connectivity index (χ0n) is 11.4. The van der Waals surface area contributed by atoms with Gasteiger partial charge in [-0.2, -0.15) is 5.26 Å². The van der Waals surface area contributed by atoms with E-state index in [1.807, 2.05) is 32.0 Å². The van der Waals surface area contributed by atoms with Gasteiger partial charge >= 0.3 is 0 Å². The summed E-state index contributed by atoms with van der Waals surface area (Å²) in [6, 6.07) is 7.64. The molecule has 0 aliphatic rings. The molecule has 102 valence electrons. The minimum absolute atomic E-state index is 0.0416. The van der Waals surface area contributed by atoms with Gasteiger partial charge in [-0.1, -0.05) is 19.9 Å². The minimum atomic E-state index is -0.0416. The summed E-state index contributed by atoms with van der Waals surface area (Å²) in [6.07, 6.45) is 0. The van der Waals surface area contributed by atoms with Gasteiger partial charge in [-0.25, -0.2) is 0 Å². The number of amides is 1. The molecule has 0 aromatic heterocycles. The van der Waals surface area contributed by atoms with Gasteiger partial charge in [0.2, 0.25) is 5.91 Å². The number of hydrogen-bond acceptors (Lipinski definition) is 3. The van der Waals surface area contributed by atoms with Crippen LogP contribution in [0.25, 0.3) is 0 Å². The van der Waals surface area contributed by atoms with E-state index in [-0.39, 0.29) is 12.5 Å². The average molecular weight is 324 g/mol. The first-order valence-electron chi connectivity index (χ1n) is 6.12. The summed E-state index contributed by atoms with van der Waals surface area (Å²) in [7, 11) is 1.80. The molecule has 1 aromatic rings. The van der Waals surface area contributed by atoms with Crippen LogP contribution < -0.4 is 10.2 Å².